The minimum atomic E-state index is 0.903. The number of hydrogen-bond donors (Lipinski definition) is 0. The summed E-state index contributed by atoms with van der Waals surface area (Å²) in [7, 11) is 0. The summed E-state index contributed by atoms with van der Waals surface area (Å²) in [6.45, 7) is 0. The highest BCUT2D eigenvalue weighted by Gasteiger charge is 2.20. The van der Waals surface area contributed by atoms with Crippen LogP contribution in [0.2, 0.25) is 0 Å². The lowest BCUT2D eigenvalue weighted by atomic mass is 10.0. The predicted molar refractivity (Wildman–Crippen MR) is 154 cm³/mol. The highest BCUT2D eigenvalue weighted by Crippen LogP contribution is 2.42. The first-order valence-corrected chi connectivity index (χ1v) is 13.0. The number of benzene rings is 5. The van der Waals surface area contributed by atoms with E-state index in [9.17, 15) is 0 Å². The molecule has 4 heteroatoms. The zero-order chi connectivity index (χ0) is 23.5. The molecule has 2 heterocycles. The molecule has 0 N–H and O–H groups in total. The second-order valence-corrected chi connectivity index (χ2v) is 10.6. The largest absolute Gasteiger partial charge is 0.294 e. The Hall–Kier alpha value is -3.47. The van der Waals surface area contributed by atoms with Crippen LogP contribution in [0.1, 0.15) is 0 Å². The number of aromatic nitrogens is 2. The van der Waals surface area contributed by atoms with Crippen LogP contribution in [0.25, 0.3) is 60.8 Å². The van der Waals surface area contributed by atoms with Gasteiger partial charge in [0.1, 0.15) is 5.82 Å². The van der Waals surface area contributed by atoms with Crippen molar-refractivity contribution >= 4 is 64.4 Å². The Balaban J connectivity index is 1.63. The number of halogens is 2. The lowest BCUT2D eigenvalue weighted by molar-refractivity contribution is 1.08. The standard InChI is InChI=1S/C31H18Br2N2/c32-24-13-21-11-12-22-14-25(33)18-28-31(22)30(21)27(17-24)35(28)29-16-23(19-7-3-1-4-8-19)15-26(34-29)20-9-5-2-6-10-20/h1-18H. The molecule has 0 atom stereocenters. The van der Waals surface area contributed by atoms with E-state index in [1.807, 2.05) is 6.07 Å². The topological polar surface area (TPSA) is 17.8 Å². The van der Waals surface area contributed by atoms with Crippen molar-refractivity contribution in [1.29, 1.82) is 0 Å². The molecular formula is C31H18Br2N2. The van der Waals surface area contributed by atoms with Crippen molar-refractivity contribution in [2.75, 3.05) is 0 Å². The van der Waals surface area contributed by atoms with Crippen molar-refractivity contribution < 1.29 is 0 Å². The van der Waals surface area contributed by atoms with Crippen LogP contribution in [0.4, 0.5) is 0 Å². The second-order valence-electron chi connectivity index (χ2n) is 8.78. The third-order valence-electron chi connectivity index (χ3n) is 6.62. The van der Waals surface area contributed by atoms with Gasteiger partial charge in [0.05, 0.1) is 16.7 Å². The monoisotopic (exact) mass is 576 g/mol. The number of rotatable bonds is 3. The first-order valence-electron chi connectivity index (χ1n) is 11.4. The highest BCUT2D eigenvalue weighted by atomic mass is 79.9. The number of hydrogen-bond acceptors (Lipinski definition) is 1. The van der Waals surface area contributed by atoms with Crippen molar-refractivity contribution in [3.63, 3.8) is 0 Å². The summed E-state index contributed by atoms with van der Waals surface area (Å²) in [4.78, 5) is 5.22. The van der Waals surface area contributed by atoms with Crippen LogP contribution < -0.4 is 0 Å². The smallest absolute Gasteiger partial charge is 0.138 e. The summed E-state index contributed by atoms with van der Waals surface area (Å²) in [6, 6.07) is 38.5. The Morgan fingerprint density at radius 2 is 1.06 bits per heavy atom. The minimum absolute atomic E-state index is 0.903. The van der Waals surface area contributed by atoms with Gasteiger partial charge in [0.2, 0.25) is 0 Å². The zero-order valence-electron chi connectivity index (χ0n) is 18.5. The lowest BCUT2D eigenvalue weighted by Crippen LogP contribution is -2.00. The molecule has 7 aromatic rings. The van der Waals surface area contributed by atoms with Crippen LogP contribution in [-0.4, -0.2) is 9.55 Å². The van der Waals surface area contributed by atoms with Crippen LogP contribution in [0, 0.1) is 0 Å². The van der Waals surface area contributed by atoms with Crippen LogP contribution in [-0.2, 0) is 0 Å². The minimum Gasteiger partial charge on any atom is -0.294 e. The molecule has 0 aliphatic heterocycles. The van der Waals surface area contributed by atoms with Gasteiger partial charge in [-0.15, -0.1) is 0 Å². The maximum absolute atomic E-state index is 5.22. The van der Waals surface area contributed by atoms with E-state index in [0.717, 1.165) is 42.6 Å². The predicted octanol–water partition coefficient (Wildman–Crippen LogP) is 9.63. The van der Waals surface area contributed by atoms with Gasteiger partial charge < -0.3 is 0 Å². The second kappa shape index (κ2) is 8.04. The molecule has 0 unspecified atom stereocenters. The van der Waals surface area contributed by atoms with Gasteiger partial charge in [-0.05, 0) is 58.3 Å². The van der Waals surface area contributed by atoms with Gasteiger partial charge in [0.15, 0.2) is 0 Å². The first kappa shape index (κ1) is 20.9. The van der Waals surface area contributed by atoms with Gasteiger partial charge in [-0.3, -0.25) is 4.57 Å². The van der Waals surface area contributed by atoms with Crippen LogP contribution in [0.3, 0.4) is 0 Å². The fraction of sp³-hybridized carbons (Fsp3) is 0. The first-order chi connectivity index (χ1) is 17.2. The van der Waals surface area contributed by atoms with Crippen molar-refractivity contribution in [1.82, 2.24) is 9.55 Å². The van der Waals surface area contributed by atoms with Crippen molar-refractivity contribution in [2.45, 2.75) is 0 Å². The van der Waals surface area contributed by atoms with Gasteiger partial charge in [-0.1, -0.05) is 105 Å². The molecule has 2 aromatic heterocycles. The number of pyridine rings is 1. The molecule has 7 rings (SSSR count). The van der Waals surface area contributed by atoms with Crippen LogP contribution in [0.5, 0.6) is 0 Å². The summed E-state index contributed by atoms with van der Waals surface area (Å²) in [5.41, 5.74) is 6.65. The van der Waals surface area contributed by atoms with E-state index in [1.165, 1.54) is 27.1 Å². The Bertz CT molecular complexity index is 1720. The molecule has 0 saturated heterocycles. The van der Waals surface area contributed by atoms with E-state index in [2.05, 4.69) is 140 Å². The van der Waals surface area contributed by atoms with E-state index in [4.69, 9.17) is 4.98 Å². The quantitative estimate of drug-likeness (QED) is 0.191. The Kier molecular flexibility index (Phi) is 4.80. The molecule has 35 heavy (non-hydrogen) atoms. The SMILES string of the molecule is Brc1cc2ccc3cc(Br)cc4c3c2c(c1)n4-c1cc(-c2ccccc2)cc(-c2ccccc2)n1. The fourth-order valence-corrected chi connectivity index (χ4v) is 6.05. The maximum Gasteiger partial charge on any atom is 0.138 e. The van der Waals surface area contributed by atoms with E-state index >= 15 is 0 Å². The van der Waals surface area contributed by atoms with Gasteiger partial charge in [-0.25, -0.2) is 4.98 Å². The van der Waals surface area contributed by atoms with Crippen molar-refractivity contribution in [2.24, 2.45) is 0 Å². The van der Waals surface area contributed by atoms with Crippen molar-refractivity contribution in [3.05, 3.63) is 118 Å². The molecule has 0 saturated carbocycles. The average molecular weight is 578 g/mol. The molecule has 5 aromatic carbocycles. The lowest BCUT2D eigenvalue weighted by Gasteiger charge is -2.13. The highest BCUT2D eigenvalue weighted by molar-refractivity contribution is 9.10. The van der Waals surface area contributed by atoms with Crippen LogP contribution in [0.15, 0.2) is 118 Å². The molecule has 0 aliphatic rings. The Labute approximate surface area is 219 Å². The van der Waals surface area contributed by atoms with E-state index in [0.29, 0.717) is 0 Å². The summed E-state index contributed by atoms with van der Waals surface area (Å²) < 4.78 is 4.41. The average Bonchev–Trinajstić information content (AvgIpc) is 3.21. The molecule has 0 aliphatic carbocycles. The Morgan fingerprint density at radius 3 is 1.63 bits per heavy atom. The Morgan fingerprint density at radius 1 is 0.514 bits per heavy atom. The molecule has 0 fully saturated rings. The van der Waals surface area contributed by atoms with Gasteiger partial charge in [0.25, 0.3) is 0 Å². The molecule has 0 bridgehead atoms. The van der Waals surface area contributed by atoms with E-state index in [-0.39, 0.29) is 0 Å². The maximum atomic E-state index is 5.22. The number of nitrogens with zero attached hydrogens (tertiary/aromatic N) is 2. The zero-order valence-corrected chi connectivity index (χ0v) is 21.7. The normalized spacial score (nSPS) is 11.7. The molecule has 0 radical (unpaired) electrons. The third kappa shape index (κ3) is 3.40. The molecule has 166 valence electrons. The van der Waals surface area contributed by atoms with Crippen molar-refractivity contribution in [3.8, 4) is 28.2 Å². The van der Waals surface area contributed by atoms with Gasteiger partial charge in [0, 0.05) is 25.3 Å². The summed E-state index contributed by atoms with van der Waals surface area (Å²) >= 11 is 7.50. The fourth-order valence-electron chi connectivity index (χ4n) is 5.13. The van der Waals surface area contributed by atoms with Gasteiger partial charge >= 0.3 is 0 Å². The van der Waals surface area contributed by atoms with E-state index < -0.39 is 0 Å². The molecule has 0 amide bonds. The summed E-state index contributed by atoms with van der Waals surface area (Å²) in [5, 5.41) is 4.97. The summed E-state index contributed by atoms with van der Waals surface area (Å²) in [6.07, 6.45) is 0. The third-order valence-corrected chi connectivity index (χ3v) is 7.53. The van der Waals surface area contributed by atoms with Crippen LogP contribution >= 0.6 is 31.9 Å². The molecule has 0 spiro atoms. The molecular weight excluding hydrogens is 560 g/mol. The molecule has 2 nitrogen and oxygen atoms in total. The summed E-state index contributed by atoms with van der Waals surface area (Å²) in [5.74, 6) is 0.903. The van der Waals surface area contributed by atoms with Gasteiger partial charge in [-0.2, -0.15) is 0 Å². The van der Waals surface area contributed by atoms with E-state index in [1.54, 1.807) is 0 Å².